The molecule has 1 heterocycles. The van der Waals surface area contributed by atoms with Crippen molar-refractivity contribution in [2.45, 2.75) is 6.04 Å². The summed E-state index contributed by atoms with van der Waals surface area (Å²) in [6, 6.07) is 6.20. The predicted octanol–water partition coefficient (Wildman–Crippen LogP) is 1.73. The summed E-state index contributed by atoms with van der Waals surface area (Å²) in [6.45, 7) is 1.99. The highest BCUT2D eigenvalue weighted by molar-refractivity contribution is 6.32. The first-order valence-electron chi connectivity index (χ1n) is 4.61. The molecule has 1 aromatic rings. The van der Waals surface area contributed by atoms with Crippen molar-refractivity contribution >= 4 is 17.3 Å². The van der Waals surface area contributed by atoms with E-state index in [1.54, 1.807) is 7.11 Å². The summed E-state index contributed by atoms with van der Waals surface area (Å²) in [5.74, 6) is 0.723. The Bertz CT molecular complexity index is 326. The van der Waals surface area contributed by atoms with Crippen LogP contribution in [0.3, 0.4) is 0 Å². The van der Waals surface area contributed by atoms with Crippen molar-refractivity contribution in [3.8, 4) is 5.75 Å². The van der Waals surface area contributed by atoms with Gasteiger partial charge in [-0.15, -0.1) is 0 Å². The largest absolute Gasteiger partial charge is 0.493 e. The molecule has 4 heteroatoms. The molecule has 0 saturated carbocycles. The average Bonchev–Trinajstić information content (AvgIpc) is 2.11. The van der Waals surface area contributed by atoms with E-state index < -0.39 is 0 Å². The van der Waals surface area contributed by atoms with Crippen LogP contribution in [0, 0.1) is 0 Å². The lowest BCUT2D eigenvalue weighted by Gasteiger charge is -2.29. The van der Waals surface area contributed by atoms with Gasteiger partial charge in [-0.05, 0) is 12.1 Å². The maximum Gasteiger partial charge on any atom is 0.160 e. The lowest BCUT2D eigenvalue weighted by molar-refractivity contribution is 0.413. The molecular formula is C10H13ClN2O. The van der Waals surface area contributed by atoms with Gasteiger partial charge >= 0.3 is 0 Å². The molecular weight excluding hydrogens is 200 g/mol. The van der Waals surface area contributed by atoms with Crippen LogP contribution in [-0.2, 0) is 0 Å². The monoisotopic (exact) mass is 212 g/mol. The third kappa shape index (κ3) is 1.79. The van der Waals surface area contributed by atoms with Crippen LogP contribution in [0.25, 0.3) is 0 Å². The second-order valence-electron chi connectivity index (χ2n) is 3.32. The third-order valence-corrected chi connectivity index (χ3v) is 2.61. The molecule has 1 fully saturated rings. The van der Waals surface area contributed by atoms with Crippen LogP contribution in [0.4, 0.5) is 5.69 Å². The Morgan fingerprint density at radius 2 is 2.29 bits per heavy atom. The Balaban J connectivity index is 2.17. The van der Waals surface area contributed by atoms with Crippen molar-refractivity contribution in [3.05, 3.63) is 23.2 Å². The van der Waals surface area contributed by atoms with Gasteiger partial charge in [0.15, 0.2) is 5.75 Å². The van der Waals surface area contributed by atoms with Crippen LogP contribution in [0.1, 0.15) is 0 Å². The Morgan fingerprint density at radius 1 is 1.50 bits per heavy atom. The number of para-hydroxylation sites is 1. The van der Waals surface area contributed by atoms with Gasteiger partial charge in [0.25, 0.3) is 0 Å². The summed E-state index contributed by atoms with van der Waals surface area (Å²) in [4.78, 5) is 0. The lowest BCUT2D eigenvalue weighted by Crippen LogP contribution is -2.51. The van der Waals surface area contributed by atoms with E-state index >= 15 is 0 Å². The molecule has 0 atom stereocenters. The highest BCUT2D eigenvalue weighted by Gasteiger charge is 2.18. The Hall–Kier alpha value is -0.930. The molecule has 0 bridgehead atoms. The molecule has 2 N–H and O–H groups in total. The van der Waals surface area contributed by atoms with E-state index in [4.69, 9.17) is 16.3 Å². The highest BCUT2D eigenvalue weighted by atomic mass is 35.5. The number of nitrogens with one attached hydrogen (secondary N) is 2. The normalized spacial score (nSPS) is 16.1. The number of methoxy groups -OCH3 is 1. The molecule has 76 valence electrons. The van der Waals surface area contributed by atoms with Crippen LogP contribution in [0.5, 0.6) is 5.75 Å². The van der Waals surface area contributed by atoms with Crippen molar-refractivity contribution in [2.75, 3.05) is 25.5 Å². The van der Waals surface area contributed by atoms with E-state index in [1.807, 2.05) is 18.2 Å². The van der Waals surface area contributed by atoms with E-state index in [-0.39, 0.29) is 0 Å². The van der Waals surface area contributed by atoms with Gasteiger partial charge in [-0.1, -0.05) is 17.7 Å². The number of hydrogen-bond acceptors (Lipinski definition) is 3. The lowest BCUT2D eigenvalue weighted by atomic mass is 10.1. The first kappa shape index (κ1) is 9.62. The van der Waals surface area contributed by atoms with Crippen molar-refractivity contribution in [1.29, 1.82) is 0 Å². The van der Waals surface area contributed by atoms with E-state index in [9.17, 15) is 0 Å². The summed E-state index contributed by atoms with van der Waals surface area (Å²) in [6.07, 6.45) is 0. The topological polar surface area (TPSA) is 33.3 Å². The minimum absolute atomic E-state index is 0.488. The van der Waals surface area contributed by atoms with Crippen molar-refractivity contribution in [3.63, 3.8) is 0 Å². The third-order valence-electron chi connectivity index (χ3n) is 2.31. The molecule has 3 nitrogen and oxygen atoms in total. The second kappa shape index (κ2) is 4.07. The van der Waals surface area contributed by atoms with Gasteiger partial charge in [0.2, 0.25) is 0 Å². The Morgan fingerprint density at radius 3 is 2.86 bits per heavy atom. The molecule has 0 radical (unpaired) electrons. The highest BCUT2D eigenvalue weighted by Crippen LogP contribution is 2.32. The van der Waals surface area contributed by atoms with Gasteiger partial charge in [-0.2, -0.15) is 0 Å². The molecule has 0 aromatic heterocycles. The molecule has 1 aromatic carbocycles. The number of halogens is 1. The average molecular weight is 213 g/mol. The van der Waals surface area contributed by atoms with E-state index in [0.717, 1.165) is 24.5 Å². The zero-order valence-corrected chi connectivity index (χ0v) is 8.77. The van der Waals surface area contributed by atoms with E-state index in [2.05, 4.69) is 10.6 Å². The molecule has 1 saturated heterocycles. The maximum atomic E-state index is 5.99. The minimum atomic E-state index is 0.488. The number of benzene rings is 1. The Kier molecular flexibility index (Phi) is 2.79. The van der Waals surface area contributed by atoms with E-state index in [0.29, 0.717) is 11.1 Å². The number of rotatable bonds is 3. The van der Waals surface area contributed by atoms with E-state index in [1.165, 1.54) is 0 Å². The first-order valence-corrected chi connectivity index (χ1v) is 4.99. The molecule has 0 aliphatic carbocycles. The molecule has 0 spiro atoms. The number of ether oxygens (including phenoxy) is 1. The summed E-state index contributed by atoms with van der Waals surface area (Å²) < 4.78 is 5.23. The predicted molar refractivity (Wildman–Crippen MR) is 58.3 cm³/mol. The molecule has 0 unspecified atom stereocenters. The van der Waals surface area contributed by atoms with Gasteiger partial charge < -0.3 is 15.4 Å². The molecule has 1 aliphatic heterocycles. The summed E-state index contributed by atoms with van der Waals surface area (Å²) >= 11 is 5.99. The SMILES string of the molecule is COc1c(Cl)cccc1NC1CNC1. The minimum Gasteiger partial charge on any atom is -0.493 e. The molecule has 0 amide bonds. The fourth-order valence-electron chi connectivity index (χ4n) is 1.44. The number of anilines is 1. The maximum absolute atomic E-state index is 5.99. The molecule has 1 aliphatic rings. The van der Waals surface area contributed by atoms with Gasteiger partial charge in [0.1, 0.15) is 0 Å². The molecule has 2 rings (SSSR count). The van der Waals surface area contributed by atoms with Crippen LogP contribution < -0.4 is 15.4 Å². The summed E-state index contributed by atoms with van der Waals surface area (Å²) in [7, 11) is 1.63. The molecule has 14 heavy (non-hydrogen) atoms. The quantitative estimate of drug-likeness (QED) is 0.801. The van der Waals surface area contributed by atoms with Gasteiger partial charge in [0.05, 0.1) is 23.9 Å². The van der Waals surface area contributed by atoms with Crippen molar-refractivity contribution < 1.29 is 4.74 Å². The van der Waals surface area contributed by atoms with Crippen molar-refractivity contribution in [2.24, 2.45) is 0 Å². The second-order valence-corrected chi connectivity index (χ2v) is 3.73. The van der Waals surface area contributed by atoms with Crippen molar-refractivity contribution in [1.82, 2.24) is 5.32 Å². The van der Waals surface area contributed by atoms with Gasteiger partial charge in [-0.3, -0.25) is 0 Å². The standard InChI is InChI=1S/C10H13ClN2O/c1-14-10-8(11)3-2-4-9(10)13-7-5-12-6-7/h2-4,7,12-13H,5-6H2,1H3. The smallest absolute Gasteiger partial charge is 0.160 e. The number of hydrogen-bond donors (Lipinski definition) is 2. The van der Waals surface area contributed by atoms with Gasteiger partial charge in [0, 0.05) is 13.1 Å². The van der Waals surface area contributed by atoms with Crippen LogP contribution in [-0.4, -0.2) is 26.2 Å². The fraction of sp³-hybridized carbons (Fsp3) is 0.400. The summed E-state index contributed by atoms with van der Waals surface area (Å²) in [5.41, 5.74) is 0.964. The zero-order valence-electron chi connectivity index (χ0n) is 8.01. The Labute approximate surface area is 88.4 Å². The fourth-order valence-corrected chi connectivity index (χ4v) is 1.69. The van der Waals surface area contributed by atoms with Gasteiger partial charge in [-0.25, -0.2) is 0 Å². The first-order chi connectivity index (χ1) is 6.81. The summed E-state index contributed by atoms with van der Waals surface area (Å²) in [5, 5.41) is 7.21. The van der Waals surface area contributed by atoms with Crippen LogP contribution in [0.2, 0.25) is 5.02 Å². The zero-order chi connectivity index (χ0) is 9.97. The van der Waals surface area contributed by atoms with Crippen LogP contribution in [0.15, 0.2) is 18.2 Å². The van der Waals surface area contributed by atoms with Crippen LogP contribution >= 0.6 is 11.6 Å².